The van der Waals surface area contributed by atoms with E-state index >= 15 is 0 Å². The van der Waals surface area contributed by atoms with E-state index in [1.807, 2.05) is 4.90 Å². The van der Waals surface area contributed by atoms with Gasteiger partial charge < -0.3 is 9.80 Å². The van der Waals surface area contributed by atoms with Gasteiger partial charge in [0.1, 0.15) is 17.4 Å². The molecule has 0 N–H and O–H groups in total. The Morgan fingerprint density at radius 2 is 2.16 bits per heavy atom. The Balaban J connectivity index is 2.06. The molecule has 1 fully saturated rings. The molecule has 0 spiro atoms. The summed E-state index contributed by atoms with van der Waals surface area (Å²) in [6, 6.07) is 4.78. The molecule has 7 heteroatoms. The number of pyridine rings is 1. The zero-order valence-corrected chi connectivity index (χ0v) is 14.8. The van der Waals surface area contributed by atoms with E-state index in [1.54, 1.807) is 4.90 Å². The van der Waals surface area contributed by atoms with E-state index in [2.05, 4.69) is 24.9 Å². The number of amides is 1. The van der Waals surface area contributed by atoms with Crippen molar-refractivity contribution < 1.29 is 9.18 Å². The van der Waals surface area contributed by atoms with Gasteiger partial charge in [0.05, 0.1) is 22.8 Å². The highest BCUT2D eigenvalue weighted by molar-refractivity contribution is 6.36. The summed E-state index contributed by atoms with van der Waals surface area (Å²) in [5.74, 6) is -0.133. The first-order chi connectivity index (χ1) is 11.9. The molecule has 0 unspecified atom stereocenters. The number of nitrogens with zero attached hydrogens (tertiary/aromatic N) is 4. The second-order valence-corrected chi connectivity index (χ2v) is 6.95. The topological polar surface area (TPSA) is 60.2 Å². The van der Waals surface area contributed by atoms with Crippen LogP contribution in [0.1, 0.15) is 19.4 Å². The molecule has 25 heavy (non-hydrogen) atoms. The van der Waals surface area contributed by atoms with Crippen LogP contribution in [0.15, 0.2) is 18.3 Å². The van der Waals surface area contributed by atoms with Gasteiger partial charge in [0.15, 0.2) is 0 Å². The van der Waals surface area contributed by atoms with E-state index in [0.717, 1.165) is 0 Å². The number of anilines is 1. The highest BCUT2D eigenvalue weighted by Crippen LogP contribution is 2.36. The number of hydrogen-bond donors (Lipinski definition) is 0. The SMILES string of the molecule is CC(C)CN1CCN(c2c(C#N)cnc3c(F)ccc(Cl)c23)CC1=O. The van der Waals surface area contributed by atoms with Crippen LogP contribution in [0.4, 0.5) is 10.1 Å². The van der Waals surface area contributed by atoms with Crippen LogP contribution < -0.4 is 4.90 Å². The molecular formula is C18H18ClFN4O. The minimum Gasteiger partial charge on any atom is -0.359 e. The molecule has 0 atom stereocenters. The third kappa shape index (κ3) is 3.24. The van der Waals surface area contributed by atoms with Crippen LogP contribution in [0.2, 0.25) is 5.02 Å². The van der Waals surface area contributed by atoms with E-state index < -0.39 is 5.82 Å². The van der Waals surface area contributed by atoms with Gasteiger partial charge in [0.2, 0.25) is 5.91 Å². The summed E-state index contributed by atoms with van der Waals surface area (Å²) >= 11 is 6.28. The first-order valence-electron chi connectivity index (χ1n) is 8.12. The van der Waals surface area contributed by atoms with E-state index in [1.165, 1.54) is 18.3 Å². The Kier molecular flexibility index (Phi) is 4.78. The van der Waals surface area contributed by atoms with Crippen LogP contribution in [0.5, 0.6) is 0 Å². The standard InChI is InChI=1S/C18H18ClFN4O/c1-11(2)9-23-5-6-24(10-15(23)25)18-12(7-21)8-22-17-14(20)4-3-13(19)16(17)18/h3-4,8,11H,5-6,9-10H2,1-2H3. The van der Waals surface area contributed by atoms with Gasteiger partial charge >= 0.3 is 0 Å². The maximum atomic E-state index is 14.1. The Bertz CT molecular complexity index is 877. The van der Waals surface area contributed by atoms with E-state index in [4.69, 9.17) is 11.6 Å². The fourth-order valence-corrected chi connectivity index (χ4v) is 3.40. The summed E-state index contributed by atoms with van der Waals surface area (Å²) in [5.41, 5.74) is 0.873. The van der Waals surface area contributed by atoms with E-state index in [0.29, 0.717) is 41.6 Å². The maximum Gasteiger partial charge on any atom is 0.242 e. The first-order valence-corrected chi connectivity index (χ1v) is 8.49. The fraction of sp³-hybridized carbons (Fsp3) is 0.389. The Hall–Kier alpha value is -2.39. The summed E-state index contributed by atoms with van der Waals surface area (Å²) in [7, 11) is 0. The van der Waals surface area contributed by atoms with Crippen molar-refractivity contribution in [1.82, 2.24) is 9.88 Å². The van der Waals surface area contributed by atoms with E-state index in [9.17, 15) is 14.4 Å². The molecule has 0 radical (unpaired) electrons. The van der Waals surface area contributed by atoms with Crippen LogP contribution in [-0.4, -0.2) is 42.0 Å². The summed E-state index contributed by atoms with van der Waals surface area (Å²) in [6.07, 6.45) is 1.34. The molecule has 1 aromatic carbocycles. The molecule has 1 aliphatic rings. The molecular weight excluding hydrogens is 343 g/mol. The Morgan fingerprint density at radius 1 is 1.40 bits per heavy atom. The van der Waals surface area contributed by atoms with Gasteiger partial charge in [-0.05, 0) is 18.1 Å². The normalized spacial score (nSPS) is 15.1. The van der Waals surface area contributed by atoms with Crippen LogP contribution >= 0.6 is 11.6 Å². The average Bonchev–Trinajstić information content (AvgIpc) is 2.58. The predicted molar refractivity (Wildman–Crippen MR) is 95.1 cm³/mol. The van der Waals surface area contributed by atoms with Crippen LogP contribution in [-0.2, 0) is 4.79 Å². The fourth-order valence-electron chi connectivity index (χ4n) is 3.16. The highest BCUT2D eigenvalue weighted by Gasteiger charge is 2.28. The van der Waals surface area contributed by atoms with Crippen molar-refractivity contribution in [3.05, 3.63) is 34.7 Å². The number of carbonyl (C=O) groups is 1. The highest BCUT2D eigenvalue weighted by atomic mass is 35.5. The van der Waals surface area contributed by atoms with Crippen molar-refractivity contribution in [3.63, 3.8) is 0 Å². The molecule has 5 nitrogen and oxygen atoms in total. The molecule has 130 valence electrons. The average molecular weight is 361 g/mol. The lowest BCUT2D eigenvalue weighted by molar-refractivity contribution is -0.131. The zero-order chi connectivity index (χ0) is 18.1. The molecule has 1 aliphatic heterocycles. The lowest BCUT2D eigenvalue weighted by atomic mass is 10.1. The number of hydrogen-bond acceptors (Lipinski definition) is 4. The third-order valence-corrected chi connectivity index (χ3v) is 4.55. The van der Waals surface area contributed by atoms with Gasteiger partial charge in [-0.3, -0.25) is 9.78 Å². The van der Waals surface area contributed by atoms with Gasteiger partial charge in [-0.15, -0.1) is 0 Å². The minimum atomic E-state index is -0.505. The van der Waals surface area contributed by atoms with Gasteiger partial charge in [0.25, 0.3) is 0 Å². The summed E-state index contributed by atoms with van der Waals surface area (Å²) < 4.78 is 14.1. The van der Waals surface area contributed by atoms with Gasteiger partial charge in [-0.1, -0.05) is 25.4 Å². The van der Waals surface area contributed by atoms with E-state index in [-0.39, 0.29) is 23.5 Å². The first kappa shape index (κ1) is 17.4. The zero-order valence-electron chi connectivity index (χ0n) is 14.1. The van der Waals surface area contributed by atoms with Crippen molar-refractivity contribution in [3.8, 4) is 6.07 Å². The van der Waals surface area contributed by atoms with Crippen molar-refractivity contribution in [1.29, 1.82) is 5.26 Å². The maximum absolute atomic E-state index is 14.1. The smallest absolute Gasteiger partial charge is 0.242 e. The monoisotopic (exact) mass is 360 g/mol. The third-order valence-electron chi connectivity index (χ3n) is 4.23. The van der Waals surface area contributed by atoms with Crippen molar-refractivity contribution in [2.45, 2.75) is 13.8 Å². The number of carbonyl (C=O) groups excluding carboxylic acids is 1. The summed E-state index contributed by atoms with van der Waals surface area (Å²) in [6.45, 7) is 6.06. The van der Waals surface area contributed by atoms with Crippen molar-refractivity contribution >= 4 is 34.1 Å². The Morgan fingerprint density at radius 3 is 2.80 bits per heavy atom. The number of piperazine rings is 1. The van der Waals surface area contributed by atoms with Crippen molar-refractivity contribution in [2.75, 3.05) is 31.1 Å². The number of halogens is 2. The number of fused-ring (bicyclic) bond motifs is 1. The predicted octanol–water partition coefficient (Wildman–Crippen LogP) is 3.20. The summed E-state index contributed by atoms with van der Waals surface area (Å²) in [4.78, 5) is 20.1. The molecule has 0 bridgehead atoms. The quantitative estimate of drug-likeness (QED) is 0.843. The molecule has 1 amide bonds. The molecule has 2 heterocycles. The minimum absolute atomic E-state index is 0.0127. The lowest BCUT2D eigenvalue weighted by Gasteiger charge is -2.37. The van der Waals surface area contributed by atoms with Gasteiger partial charge in [0, 0.05) is 31.2 Å². The summed E-state index contributed by atoms with van der Waals surface area (Å²) in [5, 5.41) is 10.2. The number of aromatic nitrogens is 1. The molecule has 0 saturated carbocycles. The second kappa shape index (κ2) is 6.85. The number of nitriles is 1. The van der Waals surface area contributed by atoms with Crippen molar-refractivity contribution in [2.24, 2.45) is 5.92 Å². The molecule has 2 aromatic rings. The largest absolute Gasteiger partial charge is 0.359 e. The van der Waals surface area contributed by atoms with Gasteiger partial charge in [-0.2, -0.15) is 5.26 Å². The Labute approximate surface area is 150 Å². The van der Waals surface area contributed by atoms with Crippen LogP contribution in [0.3, 0.4) is 0 Å². The van der Waals surface area contributed by atoms with Gasteiger partial charge in [-0.25, -0.2) is 4.39 Å². The number of rotatable bonds is 3. The molecule has 0 aliphatic carbocycles. The molecule has 3 rings (SSSR count). The molecule has 1 saturated heterocycles. The number of benzene rings is 1. The van der Waals surface area contributed by atoms with Crippen LogP contribution in [0.25, 0.3) is 10.9 Å². The lowest BCUT2D eigenvalue weighted by Crippen LogP contribution is -2.51. The molecule has 1 aromatic heterocycles. The van der Waals surface area contributed by atoms with Crippen LogP contribution in [0, 0.1) is 23.1 Å². The second-order valence-electron chi connectivity index (χ2n) is 6.54.